The lowest BCUT2D eigenvalue weighted by molar-refractivity contribution is -0.114. The molecule has 1 aromatic carbocycles. The van der Waals surface area contributed by atoms with E-state index >= 15 is 0 Å². The minimum atomic E-state index is -0.0470. The van der Waals surface area contributed by atoms with Crippen LogP contribution < -0.4 is 10.6 Å². The van der Waals surface area contributed by atoms with Crippen molar-refractivity contribution in [2.24, 2.45) is 7.05 Å². The fourth-order valence-corrected chi connectivity index (χ4v) is 2.41. The number of hydrogen-bond donors (Lipinski definition) is 2. The second kappa shape index (κ2) is 6.04. The predicted molar refractivity (Wildman–Crippen MR) is 87.7 cm³/mol. The van der Waals surface area contributed by atoms with Crippen molar-refractivity contribution in [2.75, 3.05) is 10.6 Å². The Morgan fingerprint density at radius 1 is 1.19 bits per heavy atom. The van der Waals surface area contributed by atoms with Crippen molar-refractivity contribution in [3.8, 4) is 0 Å². The van der Waals surface area contributed by atoms with E-state index in [1.807, 2.05) is 19.1 Å². The summed E-state index contributed by atoms with van der Waals surface area (Å²) in [7, 11) is 2.08. The molecule has 2 N–H and O–H groups in total. The Labute approximate surface area is 126 Å². The third kappa shape index (κ3) is 3.45. The zero-order valence-electron chi connectivity index (χ0n) is 13.4. The van der Waals surface area contributed by atoms with Crippen LogP contribution in [0.5, 0.6) is 0 Å². The van der Waals surface area contributed by atoms with Crippen LogP contribution in [0.3, 0.4) is 0 Å². The maximum Gasteiger partial charge on any atom is 0.221 e. The highest BCUT2D eigenvalue weighted by atomic mass is 16.1. The van der Waals surface area contributed by atoms with Gasteiger partial charge in [-0.05, 0) is 56.2 Å². The van der Waals surface area contributed by atoms with Gasteiger partial charge >= 0.3 is 0 Å². The Hall–Kier alpha value is -2.23. The normalized spacial score (nSPS) is 10.5. The molecule has 0 bridgehead atoms. The molecule has 0 unspecified atom stereocenters. The zero-order chi connectivity index (χ0) is 15.6. The lowest BCUT2D eigenvalue weighted by Crippen LogP contribution is -2.07. The second-order valence-electron chi connectivity index (χ2n) is 5.52. The van der Waals surface area contributed by atoms with Gasteiger partial charge in [0.2, 0.25) is 5.91 Å². The molecule has 1 heterocycles. The lowest BCUT2D eigenvalue weighted by atomic mass is 10.1. The summed E-state index contributed by atoms with van der Waals surface area (Å²) in [6.07, 6.45) is 0. The number of carbonyl (C=O) groups is 1. The number of aromatic nitrogens is 1. The van der Waals surface area contributed by atoms with Gasteiger partial charge in [-0.1, -0.05) is 0 Å². The van der Waals surface area contributed by atoms with Gasteiger partial charge in [0.15, 0.2) is 0 Å². The van der Waals surface area contributed by atoms with Gasteiger partial charge in [0, 0.05) is 43.3 Å². The van der Waals surface area contributed by atoms with Gasteiger partial charge in [-0.3, -0.25) is 4.79 Å². The molecule has 0 radical (unpaired) electrons. The first kappa shape index (κ1) is 15.2. The Balaban J connectivity index is 2.08. The number of nitrogens with zero attached hydrogens (tertiary/aromatic N) is 1. The average molecular weight is 285 g/mol. The van der Waals surface area contributed by atoms with Crippen molar-refractivity contribution < 1.29 is 4.79 Å². The third-order valence-electron chi connectivity index (χ3n) is 3.90. The average Bonchev–Trinajstić information content (AvgIpc) is 2.66. The van der Waals surface area contributed by atoms with Crippen LogP contribution in [0.4, 0.5) is 11.4 Å². The van der Waals surface area contributed by atoms with Crippen molar-refractivity contribution in [1.82, 2.24) is 4.57 Å². The Kier molecular flexibility index (Phi) is 4.36. The van der Waals surface area contributed by atoms with E-state index in [4.69, 9.17) is 0 Å². The summed E-state index contributed by atoms with van der Waals surface area (Å²) < 4.78 is 2.20. The van der Waals surface area contributed by atoms with Crippen LogP contribution in [-0.4, -0.2) is 10.5 Å². The molecule has 1 amide bonds. The summed E-state index contributed by atoms with van der Waals surface area (Å²) in [5.41, 5.74) is 6.82. The van der Waals surface area contributed by atoms with Crippen LogP contribution >= 0.6 is 0 Å². The van der Waals surface area contributed by atoms with Gasteiger partial charge in [-0.15, -0.1) is 0 Å². The number of carbonyl (C=O) groups excluding carboxylic acids is 1. The highest BCUT2D eigenvalue weighted by molar-refractivity contribution is 5.89. The number of anilines is 2. The molecule has 0 fully saturated rings. The molecular weight excluding hydrogens is 262 g/mol. The van der Waals surface area contributed by atoms with Crippen molar-refractivity contribution in [2.45, 2.75) is 34.2 Å². The summed E-state index contributed by atoms with van der Waals surface area (Å²) in [6.45, 7) is 8.56. The summed E-state index contributed by atoms with van der Waals surface area (Å²) >= 11 is 0. The van der Waals surface area contributed by atoms with Gasteiger partial charge in [0.05, 0.1) is 0 Å². The third-order valence-corrected chi connectivity index (χ3v) is 3.90. The standard InChI is InChI=1S/C17H23N3O/c1-11-8-16(6-7-17(11)19-14(4)21)18-10-15-9-12(2)20(5)13(15)3/h6-9,18H,10H2,1-5H3,(H,19,21). The van der Waals surface area contributed by atoms with E-state index in [9.17, 15) is 4.79 Å². The summed E-state index contributed by atoms with van der Waals surface area (Å²) in [4.78, 5) is 11.1. The second-order valence-corrected chi connectivity index (χ2v) is 5.52. The highest BCUT2D eigenvalue weighted by Crippen LogP contribution is 2.21. The minimum Gasteiger partial charge on any atom is -0.381 e. The van der Waals surface area contributed by atoms with Gasteiger partial charge in [0.1, 0.15) is 0 Å². The van der Waals surface area contributed by atoms with Crippen LogP contribution in [0.1, 0.15) is 29.4 Å². The monoisotopic (exact) mass is 285 g/mol. The first-order valence-corrected chi connectivity index (χ1v) is 7.12. The van der Waals surface area contributed by atoms with Crippen LogP contribution in [0.15, 0.2) is 24.3 Å². The van der Waals surface area contributed by atoms with E-state index < -0.39 is 0 Å². The van der Waals surface area contributed by atoms with E-state index in [2.05, 4.69) is 48.2 Å². The fourth-order valence-electron chi connectivity index (χ4n) is 2.41. The van der Waals surface area contributed by atoms with E-state index in [-0.39, 0.29) is 5.91 Å². The van der Waals surface area contributed by atoms with Crippen LogP contribution in [0.25, 0.3) is 0 Å². The molecule has 0 aliphatic heterocycles. The number of aryl methyl sites for hydroxylation is 2. The Bertz CT molecular complexity index is 671. The molecule has 0 saturated heterocycles. The zero-order valence-corrected chi connectivity index (χ0v) is 13.4. The first-order chi connectivity index (χ1) is 9.88. The van der Waals surface area contributed by atoms with E-state index in [1.54, 1.807) is 0 Å². The van der Waals surface area contributed by atoms with Gasteiger partial charge in [-0.2, -0.15) is 0 Å². The molecule has 4 nitrogen and oxygen atoms in total. The topological polar surface area (TPSA) is 46.1 Å². The molecule has 0 aliphatic rings. The molecule has 4 heteroatoms. The summed E-state index contributed by atoms with van der Waals surface area (Å²) in [6, 6.07) is 8.18. The fraction of sp³-hybridized carbons (Fsp3) is 0.353. The number of benzene rings is 1. The predicted octanol–water partition coefficient (Wildman–Crippen LogP) is 3.52. The Morgan fingerprint density at radius 2 is 1.90 bits per heavy atom. The molecule has 2 aromatic rings. The highest BCUT2D eigenvalue weighted by Gasteiger charge is 2.06. The van der Waals surface area contributed by atoms with Crippen molar-refractivity contribution in [3.05, 3.63) is 46.8 Å². The number of amides is 1. The minimum absolute atomic E-state index is 0.0470. The molecule has 21 heavy (non-hydrogen) atoms. The largest absolute Gasteiger partial charge is 0.381 e. The quantitative estimate of drug-likeness (QED) is 0.903. The van der Waals surface area contributed by atoms with Gasteiger partial charge in [0.25, 0.3) is 0 Å². The molecule has 0 spiro atoms. The number of nitrogens with one attached hydrogen (secondary N) is 2. The molecule has 0 atom stereocenters. The summed E-state index contributed by atoms with van der Waals surface area (Å²) in [5, 5.41) is 6.26. The number of rotatable bonds is 4. The van der Waals surface area contributed by atoms with Crippen molar-refractivity contribution in [3.63, 3.8) is 0 Å². The van der Waals surface area contributed by atoms with Crippen molar-refractivity contribution in [1.29, 1.82) is 0 Å². The molecule has 2 rings (SSSR count). The van der Waals surface area contributed by atoms with Gasteiger partial charge in [-0.25, -0.2) is 0 Å². The van der Waals surface area contributed by atoms with E-state index in [0.29, 0.717) is 0 Å². The summed E-state index contributed by atoms with van der Waals surface area (Å²) in [5.74, 6) is -0.0470. The molecule has 112 valence electrons. The Morgan fingerprint density at radius 3 is 2.43 bits per heavy atom. The SMILES string of the molecule is CC(=O)Nc1ccc(NCc2cc(C)n(C)c2C)cc1C. The van der Waals surface area contributed by atoms with Crippen LogP contribution in [0.2, 0.25) is 0 Å². The smallest absolute Gasteiger partial charge is 0.221 e. The molecule has 1 aromatic heterocycles. The lowest BCUT2D eigenvalue weighted by Gasteiger charge is -2.11. The number of hydrogen-bond acceptors (Lipinski definition) is 2. The van der Waals surface area contributed by atoms with Crippen LogP contribution in [0, 0.1) is 20.8 Å². The maximum absolute atomic E-state index is 11.1. The molecule has 0 saturated carbocycles. The van der Waals surface area contributed by atoms with E-state index in [0.717, 1.165) is 23.5 Å². The van der Waals surface area contributed by atoms with Crippen molar-refractivity contribution >= 4 is 17.3 Å². The maximum atomic E-state index is 11.1. The van der Waals surface area contributed by atoms with Crippen LogP contribution in [-0.2, 0) is 18.4 Å². The first-order valence-electron chi connectivity index (χ1n) is 7.12. The molecule has 0 aliphatic carbocycles. The van der Waals surface area contributed by atoms with E-state index in [1.165, 1.54) is 23.9 Å². The van der Waals surface area contributed by atoms with Gasteiger partial charge < -0.3 is 15.2 Å². The molecular formula is C17H23N3O.